The molecule has 0 aromatic heterocycles. The number of rotatable bonds is 3. The standard InChI is InChI=1S/C26H35N4S/c1-4-19-17-22-26(25(28(2)3)24(19)30-15-9-6-10-16-30)31-23-18-20(11-12-21(23)27-22)29-13-7-5-8-14-29/h11-12,17-18H,4-10,13-16H2,1-3H3/q+1. The van der Waals surface area contributed by atoms with Crippen molar-refractivity contribution in [1.82, 2.24) is 9.56 Å². The number of fused-ring (bicyclic) bond motifs is 2. The van der Waals surface area contributed by atoms with Crippen LogP contribution in [0.2, 0.25) is 0 Å². The third kappa shape index (κ3) is 3.93. The van der Waals surface area contributed by atoms with E-state index in [9.17, 15) is 0 Å². The van der Waals surface area contributed by atoms with Gasteiger partial charge in [0.2, 0.25) is 5.36 Å². The van der Waals surface area contributed by atoms with Crippen molar-refractivity contribution in [2.75, 3.05) is 50.1 Å². The van der Waals surface area contributed by atoms with Gasteiger partial charge in [0.1, 0.15) is 18.8 Å². The van der Waals surface area contributed by atoms with E-state index < -0.39 is 0 Å². The van der Waals surface area contributed by atoms with Gasteiger partial charge in [-0.2, -0.15) is 0 Å². The monoisotopic (exact) mass is 435 g/mol. The van der Waals surface area contributed by atoms with Gasteiger partial charge in [0.05, 0.1) is 20.8 Å². The van der Waals surface area contributed by atoms with E-state index in [0.717, 1.165) is 17.6 Å². The van der Waals surface area contributed by atoms with Crippen LogP contribution < -0.4 is 19.7 Å². The van der Waals surface area contributed by atoms with Crippen molar-refractivity contribution in [2.24, 2.45) is 0 Å². The molecule has 0 amide bonds. The Morgan fingerprint density at radius 3 is 2.45 bits per heavy atom. The minimum Gasteiger partial charge on any atom is -0.371 e. The number of piperidine rings is 2. The van der Waals surface area contributed by atoms with Crippen LogP contribution in [0.5, 0.6) is 0 Å². The molecule has 3 aliphatic heterocycles. The molecule has 1 aromatic rings. The molecule has 0 bridgehead atoms. The second-order valence-electron chi connectivity index (χ2n) is 9.29. The highest BCUT2D eigenvalue weighted by Crippen LogP contribution is 2.38. The predicted octanol–water partition coefficient (Wildman–Crippen LogP) is 4.98. The Kier molecular flexibility index (Phi) is 5.87. The van der Waals surface area contributed by atoms with Crippen LogP contribution in [0, 0.1) is 0 Å². The first-order chi connectivity index (χ1) is 15.2. The normalized spacial score (nSPS) is 17.5. The van der Waals surface area contributed by atoms with Gasteiger partial charge in [-0.05, 0) is 56.4 Å². The van der Waals surface area contributed by atoms with Gasteiger partial charge in [0.25, 0.3) is 0 Å². The Bertz CT molecular complexity index is 1120. The number of anilines is 2. The first kappa shape index (κ1) is 20.7. The van der Waals surface area contributed by atoms with Crippen molar-refractivity contribution in [3.63, 3.8) is 0 Å². The Hall–Kier alpha value is -2.14. The minimum atomic E-state index is 1.04. The summed E-state index contributed by atoms with van der Waals surface area (Å²) < 4.78 is 3.94. The van der Waals surface area contributed by atoms with Crippen LogP contribution in [0.3, 0.4) is 0 Å². The average Bonchev–Trinajstić information content (AvgIpc) is 2.82. The van der Waals surface area contributed by atoms with E-state index in [-0.39, 0.29) is 0 Å². The van der Waals surface area contributed by atoms with Crippen molar-refractivity contribution in [3.05, 3.63) is 35.2 Å². The summed E-state index contributed by atoms with van der Waals surface area (Å²) in [5, 5.41) is 1.45. The van der Waals surface area contributed by atoms with Crippen LogP contribution in [-0.2, 0) is 6.42 Å². The first-order valence-electron chi connectivity index (χ1n) is 12.1. The molecule has 5 heteroatoms. The smallest absolute Gasteiger partial charge is 0.228 e. The predicted molar refractivity (Wildman–Crippen MR) is 135 cm³/mol. The highest BCUT2D eigenvalue weighted by molar-refractivity contribution is 7.22. The molecular formula is C26H35N4S+. The van der Waals surface area contributed by atoms with Crippen LogP contribution >= 0.6 is 11.3 Å². The van der Waals surface area contributed by atoms with E-state index in [0.29, 0.717) is 0 Å². The van der Waals surface area contributed by atoms with E-state index in [1.807, 2.05) is 11.3 Å². The van der Waals surface area contributed by atoms with Crippen LogP contribution in [0.25, 0.3) is 20.8 Å². The van der Waals surface area contributed by atoms with Gasteiger partial charge in [-0.15, -0.1) is 11.3 Å². The van der Waals surface area contributed by atoms with Crippen molar-refractivity contribution in [1.29, 1.82) is 0 Å². The lowest BCUT2D eigenvalue weighted by Crippen LogP contribution is -2.40. The molecule has 1 aliphatic carbocycles. The number of hydrogen-bond donors (Lipinski definition) is 0. The Morgan fingerprint density at radius 2 is 1.74 bits per heavy atom. The van der Waals surface area contributed by atoms with E-state index in [2.05, 4.69) is 59.7 Å². The SMILES string of the molecule is CCc1cc2nc3ccc(N4CCCCC4)cc3sc-2c(N(C)C)c1=[N+]1CCCCC1. The van der Waals surface area contributed by atoms with Crippen molar-refractivity contribution < 1.29 is 0 Å². The second-order valence-corrected chi connectivity index (χ2v) is 10.3. The lowest BCUT2D eigenvalue weighted by molar-refractivity contribution is 0.450. The van der Waals surface area contributed by atoms with Gasteiger partial charge in [0.15, 0.2) is 0 Å². The van der Waals surface area contributed by atoms with E-state index >= 15 is 0 Å². The van der Waals surface area contributed by atoms with Crippen LogP contribution in [0.1, 0.15) is 51.0 Å². The molecule has 4 aliphatic rings. The number of aryl methyl sites for hydroxylation is 1. The molecule has 0 unspecified atom stereocenters. The van der Waals surface area contributed by atoms with Gasteiger partial charge in [0, 0.05) is 51.3 Å². The Labute approximate surface area is 190 Å². The summed E-state index contributed by atoms with van der Waals surface area (Å²) in [5.41, 5.74) is 6.42. The van der Waals surface area contributed by atoms with E-state index in [1.54, 1.807) is 0 Å². The number of nitrogens with zero attached hydrogens (tertiary/aromatic N) is 4. The lowest BCUT2D eigenvalue weighted by atomic mass is 10.0. The highest BCUT2D eigenvalue weighted by Gasteiger charge is 2.25. The van der Waals surface area contributed by atoms with Gasteiger partial charge in [-0.25, -0.2) is 9.56 Å². The van der Waals surface area contributed by atoms with Crippen LogP contribution in [0.4, 0.5) is 11.4 Å². The van der Waals surface area contributed by atoms with Gasteiger partial charge >= 0.3 is 0 Å². The van der Waals surface area contributed by atoms with Gasteiger partial charge in [-0.3, -0.25) is 0 Å². The zero-order valence-corrected chi connectivity index (χ0v) is 20.1. The zero-order valence-electron chi connectivity index (χ0n) is 19.3. The molecule has 1 aromatic carbocycles. The summed E-state index contributed by atoms with van der Waals surface area (Å²) in [4.78, 5) is 11.3. The molecule has 0 radical (unpaired) electrons. The summed E-state index contributed by atoms with van der Waals surface area (Å²) in [6.07, 6.45) is 8.98. The maximum Gasteiger partial charge on any atom is 0.228 e. The quantitative estimate of drug-likeness (QED) is 0.428. The number of benzene rings is 2. The maximum absolute atomic E-state index is 5.15. The molecule has 164 valence electrons. The Balaban J connectivity index is 1.75. The summed E-state index contributed by atoms with van der Waals surface area (Å²) >= 11 is 1.92. The molecule has 2 saturated heterocycles. The largest absolute Gasteiger partial charge is 0.371 e. The van der Waals surface area contributed by atoms with Gasteiger partial charge in [-0.1, -0.05) is 6.92 Å². The lowest BCUT2D eigenvalue weighted by Gasteiger charge is -2.29. The second kappa shape index (κ2) is 8.78. The molecule has 31 heavy (non-hydrogen) atoms. The molecule has 0 N–H and O–H groups in total. The Morgan fingerprint density at radius 1 is 1.00 bits per heavy atom. The van der Waals surface area contributed by atoms with Crippen molar-refractivity contribution in [3.8, 4) is 10.6 Å². The van der Waals surface area contributed by atoms with E-state index in [1.165, 1.54) is 96.6 Å². The average molecular weight is 436 g/mol. The first-order valence-corrected chi connectivity index (χ1v) is 12.9. The fourth-order valence-electron chi connectivity index (χ4n) is 5.28. The van der Waals surface area contributed by atoms with Crippen molar-refractivity contribution in [2.45, 2.75) is 51.9 Å². The maximum atomic E-state index is 5.15. The fourth-order valence-corrected chi connectivity index (χ4v) is 6.49. The third-order valence-electron chi connectivity index (χ3n) is 6.91. The molecule has 4 nitrogen and oxygen atoms in total. The number of aromatic nitrogens is 1. The van der Waals surface area contributed by atoms with Crippen LogP contribution in [-0.4, -0.2) is 45.3 Å². The highest BCUT2D eigenvalue weighted by atomic mass is 32.1. The molecule has 0 spiro atoms. The van der Waals surface area contributed by atoms with Crippen LogP contribution in [0.15, 0.2) is 24.3 Å². The zero-order chi connectivity index (χ0) is 21.4. The van der Waals surface area contributed by atoms with E-state index in [4.69, 9.17) is 4.98 Å². The molecule has 0 saturated carbocycles. The van der Waals surface area contributed by atoms with Crippen molar-refractivity contribution >= 4 is 32.9 Å². The third-order valence-corrected chi connectivity index (χ3v) is 8.06. The fraction of sp³-hybridized carbons (Fsp3) is 0.538. The minimum absolute atomic E-state index is 1.04. The molecule has 2 fully saturated rings. The topological polar surface area (TPSA) is 22.4 Å². The number of hydrogen-bond acceptors (Lipinski definition) is 4. The van der Waals surface area contributed by atoms with Gasteiger partial charge < -0.3 is 9.80 Å². The summed E-state index contributed by atoms with van der Waals surface area (Å²) in [6.45, 7) is 6.98. The molecule has 3 heterocycles. The summed E-state index contributed by atoms with van der Waals surface area (Å²) in [6, 6.07) is 9.25. The molecular weight excluding hydrogens is 400 g/mol. The molecule has 5 rings (SSSR count). The summed E-state index contributed by atoms with van der Waals surface area (Å²) in [5.74, 6) is 0. The molecule has 0 atom stereocenters. The summed E-state index contributed by atoms with van der Waals surface area (Å²) in [7, 11) is 4.39.